The number of halogens is 1. The largest absolute Gasteiger partial charge is 0.744 e. The van der Waals surface area contributed by atoms with Gasteiger partial charge in [0.1, 0.15) is 16.8 Å². The lowest BCUT2D eigenvalue weighted by molar-refractivity contribution is -0.929. The number of benzene rings is 1. The molecule has 0 saturated heterocycles. The van der Waals surface area contributed by atoms with Crippen LogP contribution in [0.15, 0.2) is 23.1 Å². The molecule has 4 nitrogen and oxygen atoms in total. The summed E-state index contributed by atoms with van der Waals surface area (Å²) in [6.45, 7) is 14.0. The predicted octanol–water partition coefficient (Wildman–Crippen LogP) is 6.05. The SMILES string of the molecule is C#Cc1ccc(S(=O)(=O)[O-])c(CF)c1.CCCC[N+](CCCC)(CCCC)CCCC. The molecule has 1 rings (SSSR count). The summed E-state index contributed by atoms with van der Waals surface area (Å²) in [5.74, 6) is 2.22. The standard InChI is InChI=1S/C16H36N.C9H7FO3S/c1-5-9-13-17(14-10-6-2,15-11-7-3)16-12-8-4;1-2-7-3-4-9(14(11,12)13)8(5-7)6-10/h5-16H2,1-4H3;1,3-5H,6H2,(H,11,12,13)/q+1;/p-1. The maximum atomic E-state index is 12.4. The third-order valence-electron chi connectivity index (χ3n) is 5.58. The summed E-state index contributed by atoms with van der Waals surface area (Å²) in [6, 6.07) is 3.47. The molecule has 0 atom stereocenters. The van der Waals surface area contributed by atoms with Gasteiger partial charge in [-0.05, 0) is 43.9 Å². The highest BCUT2D eigenvalue weighted by Crippen LogP contribution is 2.18. The van der Waals surface area contributed by atoms with Crippen LogP contribution in [0.1, 0.15) is 90.2 Å². The van der Waals surface area contributed by atoms with Crippen molar-refractivity contribution in [3.05, 3.63) is 29.3 Å². The van der Waals surface area contributed by atoms with E-state index in [9.17, 15) is 17.4 Å². The van der Waals surface area contributed by atoms with Gasteiger partial charge in [0.25, 0.3) is 0 Å². The van der Waals surface area contributed by atoms with Crippen LogP contribution < -0.4 is 0 Å². The molecule has 0 radical (unpaired) electrons. The van der Waals surface area contributed by atoms with Gasteiger partial charge in [0.05, 0.1) is 31.1 Å². The van der Waals surface area contributed by atoms with Crippen molar-refractivity contribution in [1.29, 1.82) is 0 Å². The van der Waals surface area contributed by atoms with Crippen LogP contribution in [-0.4, -0.2) is 43.6 Å². The average Bonchev–Trinajstić information content (AvgIpc) is 2.77. The van der Waals surface area contributed by atoms with Gasteiger partial charge in [0, 0.05) is 11.1 Å². The summed E-state index contributed by atoms with van der Waals surface area (Å²) in [5.41, 5.74) is 0.139. The van der Waals surface area contributed by atoms with Crippen molar-refractivity contribution in [2.45, 2.75) is 90.6 Å². The fourth-order valence-electron chi connectivity index (χ4n) is 3.66. The molecule has 0 fully saturated rings. The Kier molecular flexibility index (Phi) is 15.5. The molecule has 1 aromatic carbocycles. The van der Waals surface area contributed by atoms with Crippen LogP contribution in [0.4, 0.5) is 4.39 Å². The third kappa shape index (κ3) is 11.7. The zero-order valence-corrected chi connectivity index (χ0v) is 20.8. The lowest BCUT2D eigenvalue weighted by Gasteiger charge is -2.39. The minimum Gasteiger partial charge on any atom is -0.744 e. The minimum absolute atomic E-state index is 0.199. The van der Waals surface area contributed by atoms with Gasteiger partial charge >= 0.3 is 0 Å². The number of nitrogens with zero attached hydrogens (tertiary/aromatic N) is 1. The van der Waals surface area contributed by atoms with Gasteiger partial charge in [-0.15, -0.1) is 6.42 Å². The lowest BCUT2D eigenvalue weighted by Crippen LogP contribution is -2.50. The first-order chi connectivity index (χ1) is 14.7. The maximum absolute atomic E-state index is 12.4. The smallest absolute Gasteiger partial charge is 0.124 e. The molecule has 0 spiro atoms. The summed E-state index contributed by atoms with van der Waals surface area (Å²) in [4.78, 5) is -0.556. The molecule has 0 aromatic heterocycles. The first-order valence-corrected chi connectivity index (χ1v) is 13.1. The van der Waals surface area contributed by atoms with Gasteiger partial charge in [-0.2, -0.15) is 0 Å². The number of terminal acetylenes is 1. The molecule has 0 aliphatic carbocycles. The van der Waals surface area contributed by atoms with Crippen LogP contribution in [0.2, 0.25) is 0 Å². The topological polar surface area (TPSA) is 57.2 Å². The van der Waals surface area contributed by atoms with Crippen LogP contribution in [0, 0.1) is 12.3 Å². The van der Waals surface area contributed by atoms with Crippen LogP contribution in [0.25, 0.3) is 0 Å². The Morgan fingerprint density at radius 2 is 1.32 bits per heavy atom. The molecule has 0 N–H and O–H groups in total. The van der Waals surface area contributed by atoms with Crippen LogP contribution in [-0.2, 0) is 16.8 Å². The Morgan fingerprint density at radius 1 is 0.903 bits per heavy atom. The second-order valence-electron chi connectivity index (χ2n) is 8.20. The van der Waals surface area contributed by atoms with Crippen molar-refractivity contribution in [2.24, 2.45) is 0 Å². The van der Waals surface area contributed by atoms with Gasteiger partial charge in [0.2, 0.25) is 0 Å². The lowest BCUT2D eigenvalue weighted by atomic mass is 10.1. The van der Waals surface area contributed by atoms with Gasteiger partial charge in [-0.25, -0.2) is 12.8 Å². The molecule has 1 aromatic rings. The second kappa shape index (κ2) is 16.2. The van der Waals surface area contributed by atoms with E-state index >= 15 is 0 Å². The van der Waals surface area contributed by atoms with E-state index in [1.54, 1.807) is 0 Å². The molecule has 0 aliphatic heterocycles. The highest BCUT2D eigenvalue weighted by Gasteiger charge is 2.24. The van der Waals surface area contributed by atoms with Crippen molar-refractivity contribution in [1.82, 2.24) is 0 Å². The highest BCUT2D eigenvalue weighted by atomic mass is 32.2. The van der Waals surface area contributed by atoms with Crippen LogP contribution in [0.5, 0.6) is 0 Å². The van der Waals surface area contributed by atoms with Gasteiger partial charge in [-0.3, -0.25) is 0 Å². The van der Waals surface area contributed by atoms with Crippen molar-refractivity contribution < 1.29 is 21.8 Å². The first-order valence-electron chi connectivity index (χ1n) is 11.7. The Balaban J connectivity index is 0.000000590. The van der Waals surface area contributed by atoms with Gasteiger partial charge in [-0.1, -0.05) is 59.3 Å². The minimum atomic E-state index is -4.63. The molecular formula is C25H42FNO3S. The fourth-order valence-corrected chi connectivity index (χ4v) is 4.33. The Bertz CT molecular complexity index is 719. The average molecular weight is 456 g/mol. The van der Waals surface area contributed by atoms with E-state index in [1.807, 2.05) is 0 Å². The molecule has 178 valence electrons. The van der Waals surface area contributed by atoms with Crippen LogP contribution >= 0.6 is 0 Å². The molecule has 0 saturated carbocycles. The highest BCUT2D eigenvalue weighted by molar-refractivity contribution is 7.85. The number of quaternary nitrogens is 1. The quantitative estimate of drug-likeness (QED) is 0.195. The molecule has 31 heavy (non-hydrogen) atoms. The summed E-state index contributed by atoms with van der Waals surface area (Å²) in [6.07, 6.45) is 16.1. The summed E-state index contributed by atoms with van der Waals surface area (Å²) >= 11 is 0. The van der Waals surface area contributed by atoms with E-state index in [0.717, 1.165) is 6.07 Å². The number of alkyl halides is 1. The maximum Gasteiger partial charge on any atom is 0.124 e. The van der Waals surface area contributed by atoms with E-state index in [1.165, 1.54) is 94.2 Å². The zero-order chi connectivity index (χ0) is 23.8. The Labute approximate surface area is 190 Å². The van der Waals surface area contributed by atoms with Crippen molar-refractivity contribution in [3.63, 3.8) is 0 Å². The molecule has 0 amide bonds. The Morgan fingerprint density at radius 3 is 1.61 bits per heavy atom. The number of hydrogen-bond donors (Lipinski definition) is 0. The van der Waals surface area contributed by atoms with Crippen LogP contribution in [0.3, 0.4) is 0 Å². The first kappa shape index (κ1) is 29.6. The van der Waals surface area contributed by atoms with Gasteiger partial charge in [0.15, 0.2) is 0 Å². The molecule has 0 unspecified atom stereocenters. The van der Waals surface area contributed by atoms with Gasteiger partial charge < -0.3 is 9.04 Å². The van der Waals surface area contributed by atoms with E-state index in [0.29, 0.717) is 5.56 Å². The predicted molar refractivity (Wildman–Crippen MR) is 127 cm³/mol. The molecule has 0 bridgehead atoms. The second-order valence-corrected chi connectivity index (χ2v) is 9.55. The number of rotatable bonds is 14. The summed E-state index contributed by atoms with van der Waals surface area (Å²) in [5, 5.41) is 0. The monoisotopic (exact) mass is 455 g/mol. The van der Waals surface area contributed by atoms with Crippen molar-refractivity contribution in [3.8, 4) is 12.3 Å². The van der Waals surface area contributed by atoms with E-state index in [2.05, 4.69) is 33.6 Å². The zero-order valence-electron chi connectivity index (χ0n) is 20.0. The molecule has 0 heterocycles. The summed E-state index contributed by atoms with van der Waals surface area (Å²) in [7, 11) is -4.63. The third-order valence-corrected chi connectivity index (χ3v) is 6.52. The summed E-state index contributed by atoms with van der Waals surface area (Å²) < 4.78 is 45.7. The fraction of sp³-hybridized carbons (Fsp3) is 0.680. The number of hydrogen-bond acceptors (Lipinski definition) is 3. The molecular weight excluding hydrogens is 413 g/mol. The van der Waals surface area contributed by atoms with E-state index in [4.69, 9.17) is 6.42 Å². The Hall–Kier alpha value is -1.42. The van der Waals surface area contributed by atoms with E-state index in [-0.39, 0.29) is 5.56 Å². The normalized spacial score (nSPS) is 11.5. The molecule has 6 heteroatoms. The van der Waals surface area contributed by atoms with Crippen molar-refractivity contribution in [2.75, 3.05) is 26.2 Å². The number of unbranched alkanes of at least 4 members (excludes halogenated alkanes) is 4. The van der Waals surface area contributed by atoms with E-state index < -0.39 is 21.7 Å². The van der Waals surface area contributed by atoms with Crippen molar-refractivity contribution >= 4 is 10.1 Å². The molecule has 0 aliphatic rings.